The van der Waals surface area contributed by atoms with E-state index >= 15 is 0 Å². The number of benzene rings is 2. The molecule has 0 spiro atoms. The van der Waals surface area contributed by atoms with Crippen LogP contribution in [0.15, 0.2) is 18.2 Å². The van der Waals surface area contributed by atoms with E-state index in [2.05, 4.69) is 6.92 Å². The normalized spacial score (nSPS) is 19.5. The average Bonchev–Trinajstić information content (AvgIpc) is 2.76. The molecule has 5 heteroatoms. The molecule has 0 N–H and O–H groups in total. The molecule has 31 heavy (non-hydrogen) atoms. The second kappa shape index (κ2) is 9.64. The Labute approximate surface area is 182 Å². The quantitative estimate of drug-likeness (QED) is 0.327. The van der Waals surface area contributed by atoms with E-state index in [4.69, 9.17) is 9.47 Å². The average molecular weight is 433 g/mol. The molecule has 2 aromatic carbocycles. The van der Waals surface area contributed by atoms with Crippen LogP contribution in [-0.4, -0.2) is 19.3 Å². The van der Waals surface area contributed by atoms with Crippen LogP contribution in [0.2, 0.25) is 0 Å². The number of hydrogen-bond acceptors (Lipinski definition) is 2. The number of fused-ring (bicyclic) bond motifs is 4. The zero-order valence-corrected chi connectivity index (χ0v) is 18.4. The van der Waals surface area contributed by atoms with Crippen LogP contribution in [0.5, 0.6) is 5.75 Å². The van der Waals surface area contributed by atoms with Crippen molar-refractivity contribution in [2.24, 2.45) is 5.92 Å². The van der Waals surface area contributed by atoms with E-state index in [9.17, 15) is 13.2 Å². The van der Waals surface area contributed by atoms with E-state index in [1.807, 2.05) is 0 Å². The van der Waals surface area contributed by atoms with Gasteiger partial charge in [0.2, 0.25) is 0 Å². The van der Waals surface area contributed by atoms with Crippen LogP contribution in [0.1, 0.15) is 64.4 Å². The first kappa shape index (κ1) is 22.2. The third kappa shape index (κ3) is 4.34. The molecule has 1 fully saturated rings. The SMILES string of the molecule is CCCCCC1CCC(CCc2cc3c(c(F)c2F)-c2c-3ccc(OCC)c2F)CO1. The maximum absolute atomic E-state index is 14.8. The molecule has 0 bridgehead atoms. The predicted molar refractivity (Wildman–Crippen MR) is 117 cm³/mol. The molecule has 2 unspecified atom stereocenters. The van der Waals surface area contributed by atoms with Gasteiger partial charge in [0.05, 0.1) is 12.7 Å². The molecule has 1 aliphatic carbocycles. The summed E-state index contributed by atoms with van der Waals surface area (Å²) < 4.78 is 55.6. The van der Waals surface area contributed by atoms with Crippen LogP contribution in [0.25, 0.3) is 22.3 Å². The molecule has 1 heterocycles. The molecular weight excluding hydrogens is 401 g/mol. The van der Waals surface area contributed by atoms with Crippen LogP contribution < -0.4 is 4.74 Å². The number of rotatable bonds is 9. The van der Waals surface area contributed by atoms with Gasteiger partial charge in [-0.25, -0.2) is 13.2 Å². The van der Waals surface area contributed by atoms with E-state index in [-0.39, 0.29) is 16.9 Å². The van der Waals surface area contributed by atoms with Gasteiger partial charge in [-0.1, -0.05) is 26.2 Å². The second-order valence-corrected chi connectivity index (χ2v) is 8.75. The molecule has 2 aliphatic rings. The van der Waals surface area contributed by atoms with E-state index in [1.54, 1.807) is 25.1 Å². The summed E-state index contributed by atoms with van der Waals surface area (Å²) in [5.74, 6) is -2.00. The van der Waals surface area contributed by atoms with Crippen molar-refractivity contribution in [1.29, 1.82) is 0 Å². The molecule has 1 aliphatic heterocycles. The fourth-order valence-corrected chi connectivity index (χ4v) is 4.85. The molecule has 2 nitrogen and oxygen atoms in total. The van der Waals surface area contributed by atoms with Gasteiger partial charge in [0.15, 0.2) is 23.2 Å². The molecule has 0 radical (unpaired) electrons. The molecule has 0 saturated carbocycles. The fourth-order valence-electron chi connectivity index (χ4n) is 4.85. The van der Waals surface area contributed by atoms with Crippen LogP contribution in [0.3, 0.4) is 0 Å². The van der Waals surface area contributed by atoms with Gasteiger partial charge in [-0.3, -0.25) is 0 Å². The Balaban J connectivity index is 1.41. The maximum atomic E-state index is 14.8. The summed E-state index contributed by atoms with van der Waals surface area (Å²) in [7, 11) is 0. The first-order chi connectivity index (χ1) is 15.0. The number of hydrogen-bond donors (Lipinski definition) is 0. The van der Waals surface area contributed by atoms with Crippen LogP contribution in [0, 0.1) is 23.4 Å². The van der Waals surface area contributed by atoms with E-state index in [1.165, 1.54) is 19.3 Å². The van der Waals surface area contributed by atoms with Crippen molar-refractivity contribution in [2.45, 2.75) is 71.3 Å². The zero-order chi connectivity index (χ0) is 22.0. The topological polar surface area (TPSA) is 18.5 Å². The molecular formula is C26H31F3O2. The van der Waals surface area contributed by atoms with Gasteiger partial charge < -0.3 is 9.47 Å². The highest BCUT2D eigenvalue weighted by Gasteiger charge is 2.34. The van der Waals surface area contributed by atoms with Gasteiger partial charge in [0, 0.05) is 17.7 Å². The lowest BCUT2D eigenvalue weighted by Gasteiger charge is -2.30. The summed E-state index contributed by atoms with van der Waals surface area (Å²) in [5, 5.41) is 0. The van der Waals surface area contributed by atoms with Crippen molar-refractivity contribution in [2.75, 3.05) is 13.2 Å². The van der Waals surface area contributed by atoms with Gasteiger partial charge in [-0.2, -0.15) is 0 Å². The van der Waals surface area contributed by atoms with Crippen molar-refractivity contribution < 1.29 is 22.6 Å². The van der Waals surface area contributed by atoms with Crippen molar-refractivity contribution in [3.8, 4) is 28.0 Å². The van der Waals surface area contributed by atoms with Crippen LogP contribution >= 0.6 is 0 Å². The van der Waals surface area contributed by atoms with Crippen LogP contribution in [0.4, 0.5) is 13.2 Å². The Morgan fingerprint density at radius 3 is 2.45 bits per heavy atom. The third-order valence-electron chi connectivity index (χ3n) is 6.64. The van der Waals surface area contributed by atoms with Crippen LogP contribution in [-0.2, 0) is 11.2 Å². The van der Waals surface area contributed by atoms with Crippen molar-refractivity contribution in [3.05, 3.63) is 41.2 Å². The summed E-state index contributed by atoms with van der Waals surface area (Å²) in [5.41, 5.74) is 1.72. The Hall–Kier alpha value is -2.01. The van der Waals surface area contributed by atoms with Crippen molar-refractivity contribution in [3.63, 3.8) is 0 Å². The number of unbranched alkanes of at least 4 members (excludes halogenated alkanes) is 2. The van der Waals surface area contributed by atoms with E-state index < -0.39 is 17.5 Å². The smallest absolute Gasteiger partial charge is 0.173 e. The fraction of sp³-hybridized carbons (Fsp3) is 0.538. The monoisotopic (exact) mass is 432 g/mol. The highest BCUT2D eigenvalue weighted by atomic mass is 19.2. The lowest BCUT2D eigenvalue weighted by molar-refractivity contribution is -0.0226. The van der Waals surface area contributed by atoms with Gasteiger partial charge >= 0.3 is 0 Å². The Bertz CT molecular complexity index is 933. The Kier molecular flexibility index (Phi) is 6.90. The first-order valence-corrected chi connectivity index (χ1v) is 11.6. The minimum absolute atomic E-state index is 0.0335. The maximum Gasteiger partial charge on any atom is 0.173 e. The standard InChI is InChI=1S/C26H31F3O2/c1-3-5-6-7-18-11-9-16(15-31-18)8-10-17-14-20-19-12-13-21(30-4-2)25(28)22(19)23(20)26(29)24(17)27/h12-14,16,18H,3-11,15H2,1-2H3. The highest BCUT2D eigenvalue weighted by molar-refractivity contribution is 6.03. The first-order valence-electron chi connectivity index (χ1n) is 11.6. The largest absolute Gasteiger partial charge is 0.491 e. The lowest BCUT2D eigenvalue weighted by Crippen LogP contribution is -2.26. The van der Waals surface area contributed by atoms with Gasteiger partial charge in [0.1, 0.15) is 0 Å². The molecule has 0 aromatic heterocycles. The molecule has 1 saturated heterocycles. The summed E-state index contributed by atoms with van der Waals surface area (Å²) in [6.45, 7) is 4.95. The highest BCUT2D eigenvalue weighted by Crippen LogP contribution is 2.52. The van der Waals surface area contributed by atoms with E-state index in [0.717, 1.165) is 25.7 Å². The summed E-state index contributed by atoms with van der Waals surface area (Å²) in [6.07, 6.45) is 8.47. The zero-order valence-electron chi connectivity index (χ0n) is 18.4. The predicted octanol–water partition coefficient (Wildman–Crippen LogP) is 7.46. The number of ether oxygens (including phenoxy) is 2. The van der Waals surface area contributed by atoms with Gasteiger partial charge in [-0.05, 0) is 79.8 Å². The molecule has 0 amide bonds. The Morgan fingerprint density at radius 1 is 0.935 bits per heavy atom. The summed E-state index contributed by atoms with van der Waals surface area (Å²) in [6, 6.07) is 4.96. The van der Waals surface area contributed by atoms with Gasteiger partial charge in [0.25, 0.3) is 0 Å². The summed E-state index contributed by atoms with van der Waals surface area (Å²) in [4.78, 5) is 0. The number of aryl methyl sites for hydroxylation is 1. The number of halogens is 3. The molecule has 4 rings (SSSR count). The molecule has 2 atom stereocenters. The van der Waals surface area contributed by atoms with Crippen molar-refractivity contribution in [1.82, 2.24) is 0 Å². The molecule has 168 valence electrons. The second-order valence-electron chi connectivity index (χ2n) is 8.75. The summed E-state index contributed by atoms with van der Waals surface area (Å²) >= 11 is 0. The van der Waals surface area contributed by atoms with Gasteiger partial charge in [-0.15, -0.1) is 0 Å². The third-order valence-corrected chi connectivity index (χ3v) is 6.64. The molecule has 2 aromatic rings. The Morgan fingerprint density at radius 2 is 1.74 bits per heavy atom. The minimum Gasteiger partial charge on any atom is -0.491 e. The minimum atomic E-state index is -0.955. The van der Waals surface area contributed by atoms with E-state index in [0.29, 0.717) is 48.3 Å². The lowest BCUT2D eigenvalue weighted by atomic mass is 9.78. The van der Waals surface area contributed by atoms with Crippen molar-refractivity contribution >= 4 is 0 Å².